The van der Waals surface area contributed by atoms with Crippen LogP contribution in [-0.2, 0) is 16.3 Å². The predicted molar refractivity (Wildman–Crippen MR) is 111 cm³/mol. The summed E-state index contributed by atoms with van der Waals surface area (Å²) < 4.78 is 41.0. The van der Waals surface area contributed by atoms with Gasteiger partial charge in [0.1, 0.15) is 0 Å². The SMILES string of the molecule is COc1ccc(CCNC(=O)c2ccc(S(=O)(=O)c3ccc(Cl)cc3)o2)cc1OC. The first kappa shape index (κ1) is 21.7. The second kappa shape index (κ2) is 9.23. The van der Waals surface area contributed by atoms with Gasteiger partial charge in [0, 0.05) is 11.6 Å². The van der Waals surface area contributed by atoms with Crippen LogP contribution in [0.5, 0.6) is 11.5 Å². The van der Waals surface area contributed by atoms with Crippen molar-refractivity contribution in [2.75, 3.05) is 20.8 Å². The van der Waals surface area contributed by atoms with Crippen molar-refractivity contribution in [2.24, 2.45) is 0 Å². The number of halogens is 1. The molecule has 0 fully saturated rings. The summed E-state index contributed by atoms with van der Waals surface area (Å²) in [6, 6.07) is 13.8. The summed E-state index contributed by atoms with van der Waals surface area (Å²) in [6.07, 6.45) is 0.544. The summed E-state index contributed by atoms with van der Waals surface area (Å²) in [5.41, 5.74) is 0.943. The molecule has 158 valence electrons. The van der Waals surface area contributed by atoms with E-state index in [1.807, 2.05) is 12.1 Å². The fourth-order valence-electron chi connectivity index (χ4n) is 2.76. The Hall–Kier alpha value is -2.97. The van der Waals surface area contributed by atoms with Gasteiger partial charge < -0.3 is 19.2 Å². The molecule has 2 aromatic carbocycles. The molecule has 30 heavy (non-hydrogen) atoms. The van der Waals surface area contributed by atoms with Gasteiger partial charge in [-0.2, -0.15) is 0 Å². The zero-order chi connectivity index (χ0) is 21.7. The highest BCUT2D eigenvalue weighted by Crippen LogP contribution is 2.27. The van der Waals surface area contributed by atoms with Crippen LogP contribution >= 0.6 is 11.6 Å². The lowest BCUT2D eigenvalue weighted by Crippen LogP contribution is -2.25. The van der Waals surface area contributed by atoms with Crippen molar-refractivity contribution < 1.29 is 27.1 Å². The van der Waals surface area contributed by atoms with E-state index in [0.29, 0.717) is 29.5 Å². The summed E-state index contributed by atoms with van der Waals surface area (Å²) in [6.45, 7) is 0.328. The first-order chi connectivity index (χ1) is 14.3. The van der Waals surface area contributed by atoms with Gasteiger partial charge in [-0.1, -0.05) is 17.7 Å². The van der Waals surface area contributed by atoms with Gasteiger partial charge >= 0.3 is 0 Å². The van der Waals surface area contributed by atoms with Crippen molar-refractivity contribution in [1.82, 2.24) is 5.32 Å². The van der Waals surface area contributed by atoms with Crippen LogP contribution in [0, 0.1) is 0 Å². The number of sulfone groups is 1. The fourth-order valence-corrected chi connectivity index (χ4v) is 4.06. The van der Waals surface area contributed by atoms with E-state index in [9.17, 15) is 13.2 Å². The van der Waals surface area contributed by atoms with Crippen LogP contribution in [0.4, 0.5) is 0 Å². The number of furan rings is 1. The average molecular weight is 450 g/mol. The molecule has 0 unspecified atom stereocenters. The van der Waals surface area contributed by atoms with Gasteiger partial charge in [-0.15, -0.1) is 0 Å². The molecule has 0 atom stereocenters. The van der Waals surface area contributed by atoms with Crippen LogP contribution in [0.25, 0.3) is 0 Å². The molecule has 0 saturated carbocycles. The zero-order valence-electron chi connectivity index (χ0n) is 16.3. The lowest BCUT2D eigenvalue weighted by atomic mass is 10.1. The van der Waals surface area contributed by atoms with Crippen molar-refractivity contribution in [3.8, 4) is 11.5 Å². The number of hydrogen-bond acceptors (Lipinski definition) is 6. The molecule has 0 spiro atoms. The van der Waals surface area contributed by atoms with Gasteiger partial charge in [0.25, 0.3) is 5.91 Å². The molecule has 1 amide bonds. The van der Waals surface area contributed by atoms with Crippen LogP contribution in [-0.4, -0.2) is 35.1 Å². The molecule has 7 nitrogen and oxygen atoms in total. The summed E-state index contributed by atoms with van der Waals surface area (Å²) >= 11 is 5.79. The van der Waals surface area contributed by atoms with E-state index in [2.05, 4.69) is 5.32 Å². The monoisotopic (exact) mass is 449 g/mol. The molecule has 0 aliphatic heterocycles. The molecule has 1 heterocycles. The van der Waals surface area contributed by atoms with E-state index in [1.54, 1.807) is 20.3 Å². The topological polar surface area (TPSA) is 94.8 Å². The Labute approximate surface area is 179 Å². The Bertz CT molecular complexity index is 1140. The number of nitrogens with one attached hydrogen (secondary N) is 1. The van der Waals surface area contributed by atoms with Gasteiger partial charge in [-0.3, -0.25) is 4.79 Å². The molecule has 0 radical (unpaired) electrons. The maximum absolute atomic E-state index is 12.6. The number of hydrogen-bond donors (Lipinski definition) is 1. The normalized spacial score (nSPS) is 11.2. The highest BCUT2D eigenvalue weighted by molar-refractivity contribution is 7.91. The van der Waals surface area contributed by atoms with Gasteiger partial charge in [0.05, 0.1) is 19.1 Å². The number of benzene rings is 2. The molecule has 1 N–H and O–H groups in total. The predicted octanol–water partition coefficient (Wildman–Crippen LogP) is 3.76. The van der Waals surface area contributed by atoms with Crippen molar-refractivity contribution >= 4 is 27.3 Å². The summed E-state index contributed by atoms with van der Waals surface area (Å²) in [4.78, 5) is 12.3. The first-order valence-electron chi connectivity index (χ1n) is 8.94. The highest BCUT2D eigenvalue weighted by atomic mass is 35.5. The van der Waals surface area contributed by atoms with E-state index >= 15 is 0 Å². The first-order valence-corrected chi connectivity index (χ1v) is 10.8. The number of rotatable bonds is 8. The molecule has 0 aliphatic carbocycles. The second-order valence-electron chi connectivity index (χ2n) is 6.27. The van der Waals surface area contributed by atoms with E-state index in [0.717, 1.165) is 5.56 Å². The van der Waals surface area contributed by atoms with E-state index in [-0.39, 0.29) is 15.7 Å². The number of ether oxygens (including phenoxy) is 2. The number of methoxy groups -OCH3 is 2. The third-order valence-electron chi connectivity index (χ3n) is 4.34. The molecule has 9 heteroatoms. The molecule has 0 saturated heterocycles. The second-order valence-corrected chi connectivity index (χ2v) is 8.59. The highest BCUT2D eigenvalue weighted by Gasteiger charge is 2.23. The molecule has 3 aromatic rings. The molecule has 0 bridgehead atoms. The fraction of sp³-hybridized carbons (Fsp3) is 0.190. The van der Waals surface area contributed by atoms with Crippen molar-refractivity contribution in [1.29, 1.82) is 0 Å². The maximum atomic E-state index is 12.6. The van der Waals surface area contributed by atoms with Gasteiger partial charge in [0.2, 0.25) is 14.9 Å². The van der Waals surface area contributed by atoms with Crippen molar-refractivity contribution in [3.05, 3.63) is 70.9 Å². The number of carbonyl (C=O) groups excluding carboxylic acids is 1. The lowest BCUT2D eigenvalue weighted by molar-refractivity contribution is 0.0921. The molecular weight excluding hydrogens is 430 g/mol. The molecular formula is C21H20ClNO6S. The van der Waals surface area contributed by atoms with E-state index in [1.165, 1.54) is 36.4 Å². The third kappa shape index (κ3) is 4.77. The number of carbonyl (C=O) groups is 1. The molecule has 3 rings (SSSR count). The minimum atomic E-state index is -3.88. The molecule has 0 aliphatic rings. The third-order valence-corrected chi connectivity index (χ3v) is 6.23. The van der Waals surface area contributed by atoms with E-state index < -0.39 is 15.7 Å². The zero-order valence-corrected chi connectivity index (χ0v) is 17.9. The van der Waals surface area contributed by atoms with Gasteiger partial charge in [-0.25, -0.2) is 8.42 Å². The maximum Gasteiger partial charge on any atom is 0.287 e. The van der Waals surface area contributed by atoms with Crippen LogP contribution < -0.4 is 14.8 Å². The van der Waals surface area contributed by atoms with Crippen LogP contribution in [0.2, 0.25) is 5.02 Å². The summed E-state index contributed by atoms with van der Waals surface area (Å²) in [5.74, 6) is 0.627. The number of amides is 1. The van der Waals surface area contributed by atoms with Crippen LogP contribution in [0.1, 0.15) is 16.1 Å². The van der Waals surface area contributed by atoms with E-state index in [4.69, 9.17) is 25.5 Å². The average Bonchev–Trinajstić information content (AvgIpc) is 3.25. The Kier molecular flexibility index (Phi) is 6.69. The Morgan fingerprint density at radius 1 is 1.00 bits per heavy atom. The Morgan fingerprint density at radius 3 is 2.37 bits per heavy atom. The van der Waals surface area contributed by atoms with Gasteiger partial charge in [0.15, 0.2) is 17.3 Å². The Balaban J connectivity index is 1.63. The van der Waals surface area contributed by atoms with Crippen molar-refractivity contribution in [2.45, 2.75) is 16.4 Å². The minimum Gasteiger partial charge on any atom is -0.493 e. The smallest absolute Gasteiger partial charge is 0.287 e. The molecule has 1 aromatic heterocycles. The summed E-state index contributed by atoms with van der Waals surface area (Å²) in [5, 5.41) is 2.82. The summed E-state index contributed by atoms with van der Waals surface area (Å²) in [7, 11) is -0.768. The quantitative estimate of drug-likeness (QED) is 0.562. The Morgan fingerprint density at radius 2 is 1.70 bits per heavy atom. The largest absolute Gasteiger partial charge is 0.493 e. The minimum absolute atomic E-state index is 0.0293. The van der Waals surface area contributed by atoms with Crippen LogP contribution in [0.15, 0.2) is 69.0 Å². The van der Waals surface area contributed by atoms with Crippen LogP contribution in [0.3, 0.4) is 0 Å². The lowest BCUT2D eigenvalue weighted by Gasteiger charge is -2.09. The van der Waals surface area contributed by atoms with Crippen molar-refractivity contribution in [3.63, 3.8) is 0 Å². The van der Waals surface area contributed by atoms with Gasteiger partial charge in [-0.05, 0) is 60.5 Å². The standard InChI is InChI=1S/C21H20ClNO6S/c1-27-17-8-3-14(13-19(17)28-2)11-12-23-21(24)18-9-10-20(29-18)30(25,26)16-6-4-15(22)5-7-16/h3-10,13H,11-12H2,1-2H3,(H,23,24).